The maximum absolute atomic E-state index is 4.27. The van der Waals surface area contributed by atoms with E-state index < -0.39 is 0 Å². The third kappa shape index (κ3) is 1.98. The average Bonchev–Trinajstić information content (AvgIpc) is 2.98. The van der Waals surface area contributed by atoms with Crippen molar-refractivity contribution >= 4 is 0 Å². The van der Waals surface area contributed by atoms with Crippen molar-refractivity contribution in [2.75, 3.05) is 6.54 Å². The standard InChI is InChI=1S/C14H17N3/c1-17-10-12(9-16-17)14-13(7-8-15-14)11-5-3-2-4-6-11/h2-6,9-10,13-15H,7-8H2,1H3. The molecule has 1 N–H and O–H groups in total. The largest absolute Gasteiger partial charge is 0.309 e. The molecule has 0 saturated carbocycles. The third-order valence-electron chi connectivity index (χ3n) is 3.53. The molecule has 3 nitrogen and oxygen atoms in total. The second kappa shape index (κ2) is 4.34. The zero-order valence-electron chi connectivity index (χ0n) is 10.0. The maximum Gasteiger partial charge on any atom is 0.0537 e. The van der Waals surface area contributed by atoms with Gasteiger partial charge in [-0.05, 0) is 18.5 Å². The van der Waals surface area contributed by atoms with Crippen LogP contribution in [0.15, 0.2) is 42.7 Å². The van der Waals surface area contributed by atoms with Gasteiger partial charge in [-0.1, -0.05) is 30.3 Å². The Morgan fingerprint density at radius 1 is 1.24 bits per heavy atom. The number of hydrogen-bond donors (Lipinski definition) is 1. The van der Waals surface area contributed by atoms with Crippen LogP contribution in [0.3, 0.4) is 0 Å². The summed E-state index contributed by atoms with van der Waals surface area (Å²) in [6.45, 7) is 1.08. The third-order valence-corrected chi connectivity index (χ3v) is 3.53. The molecule has 0 aliphatic carbocycles. The molecule has 2 unspecified atom stereocenters. The Balaban J connectivity index is 1.90. The summed E-state index contributed by atoms with van der Waals surface area (Å²) in [5.41, 5.74) is 2.71. The Morgan fingerprint density at radius 3 is 2.76 bits per heavy atom. The van der Waals surface area contributed by atoms with E-state index in [0.717, 1.165) is 6.54 Å². The van der Waals surface area contributed by atoms with Crippen LogP contribution in [0.2, 0.25) is 0 Å². The Labute approximate surface area is 101 Å². The lowest BCUT2D eigenvalue weighted by atomic mass is 9.89. The lowest BCUT2D eigenvalue weighted by Crippen LogP contribution is -2.16. The topological polar surface area (TPSA) is 29.9 Å². The van der Waals surface area contributed by atoms with Gasteiger partial charge in [-0.3, -0.25) is 4.68 Å². The van der Waals surface area contributed by atoms with Crippen LogP contribution >= 0.6 is 0 Å². The number of aromatic nitrogens is 2. The van der Waals surface area contributed by atoms with Crippen LogP contribution in [0.4, 0.5) is 0 Å². The zero-order chi connectivity index (χ0) is 11.7. The summed E-state index contributed by atoms with van der Waals surface area (Å²) in [5.74, 6) is 0.570. The van der Waals surface area contributed by atoms with Crippen molar-refractivity contribution in [3.8, 4) is 0 Å². The molecule has 1 aromatic heterocycles. The molecule has 2 atom stereocenters. The van der Waals surface area contributed by atoms with Crippen LogP contribution in [0.5, 0.6) is 0 Å². The van der Waals surface area contributed by atoms with Gasteiger partial charge < -0.3 is 5.32 Å². The van der Waals surface area contributed by atoms with Crippen molar-refractivity contribution in [3.63, 3.8) is 0 Å². The van der Waals surface area contributed by atoms with Gasteiger partial charge in [-0.25, -0.2) is 0 Å². The summed E-state index contributed by atoms with van der Waals surface area (Å²) >= 11 is 0. The second-order valence-electron chi connectivity index (χ2n) is 4.68. The molecule has 0 bridgehead atoms. The fourth-order valence-corrected chi connectivity index (χ4v) is 2.71. The van der Waals surface area contributed by atoms with E-state index >= 15 is 0 Å². The molecule has 1 aromatic carbocycles. The summed E-state index contributed by atoms with van der Waals surface area (Å²) in [5, 5.41) is 7.85. The summed E-state index contributed by atoms with van der Waals surface area (Å²) < 4.78 is 1.87. The highest BCUT2D eigenvalue weighted by atomic mass is 15.2. The van der Waals surface area contributed by atoms with E-state index in [-0.39, 0.29) is 0 Å². The molecular weight excluding hydrogens is 210 g/mol. The lowest BCUT2D eigenvalue weighted by molar-refractivity contribution is 0.577. The normalized spacial score (nSPS) is 24.1. The Kier molecular flexibility index (Phi) is 2.69. The first-order valence-electron chi connectivity index (χ1n) is 6.11. The zero-order valence-corrected chi connectivity index (χ0v) is 10.0. The molecule has 2 heterocycles. The lowest BCUT2D eigenvalue weighted by Gasteiger charge is -2.18. The molecule has 0 radical (unpaired) electrons. The van der Waals surface area contributed by atoms with E-state index in [1.165, 1.54) is 17.5 Å². The Bertz CT molecular complexity index is 489. The van der Waals surface area contributed by atoms with Crippen molar-refractivity contribution in [3.05, 3.63) is 53.9 Å². The predicted octanol–water partition coefficient (Wildman–Crippen LogP) is 2.24. The van der Waals surface area contributed by atoms with Crippen molar-refractivity contribution in [1.29, 1.82) is 0 Å². The van der Waals surface area contributed by atoms with Crippen LogP contribution in [-0.2, 0) is 7.05 Å². The number of hydrogen-bond acceptors (Lipinski definition) is 2. The van der Waals surface area contributed by atoms with E-state index in [4.69, 9.17) is 0 Å². The summed E-state index contributed by atoms with van der Waals surface area (Å²) in [4.78, 5) is 0. The van der Waals surface area contributed by atoms with Crippen LogP contribution in [0.1, 0.15) is 29.5 Å². The highest BCUT2D eigenvalue weighted by molar-refractivity contribution is 5.27. The van der Waals surface area contributed by atoms with E-state index in [9.17, 15) is 0 Å². The molecule has 1 aliphatic rings. The number of rotatable bonds is 2. The number of nitrogens with zero attached hydrogens (tertiary/aromatic N) is 2. The number of nitrogens with one attached hydrogen (secondary N) is 1. The molecule has 2 aromatic rings. The van der Waals surface area contributed by atoms with E-state index in [1.54, 1.807) is 0 Å². The Morgan fingerprint density at radius 2 is 2.06 bits per heavy atom. The molecule has 17 heavy (non-hydrogen) atoms. The van der Waals surface area contributed by atoms with Gasteiger partial charge in [0, 0.05) is 30.8 Å². The molecule has 3 rings (SSSR count). The molecule has 0 spiro atoms. The number of aryl methyl sites for hydroxylation is 1. The summed E-state index contributed by atoms with van der Waals surface area (Å²) in [7, 11) is 1.97. The average molecular weight is 227 g/mol. The molecule has 1 fully saturated rings. The number of benzene rings is 1. The molecule has 1 aliphatic heterocycles. The minimum Gasteiger partial charge on any atom is -0.309 e. The highest BCUT2D eigenvalue weighted by Gasteiger charge is 2.29. The minimum atomic E-state index is 0.408. The van der Waals surface area contributed by atoms with Crippen LogP contribution < -0.4 is 5.32 Å². The van der Waals surface area contributed by atoms with Crippen LogP contribution in [0, 0.1) is 0 Å². The molecule has 88 valence electrons. The SMILES string of the molecule is Cn1cc(C2NCCC2c2ccccc2)cn1. The Hall–Kier alpha value is -1.61. The molecule has 1 saturated heterocycles. The molecular formula is C14H17N3. The molecule has 0 amide bonds. The van der Waals surface area contributed by atoms with Crippen LogP contribution in [0.25, 0.3) is 0 Å². The fourth-order valence-electron chi connectivity index (χ4n) is 2.71. The monoisotopic (exact) mass is 227 g/mol. The van der Waals surface area contributed by atoms with Gasteiger partial charge in [-0.15, -0.1) is 0 Å². The van der Waals surface area contributed by atoms with Gasteiger partial charge in [-0.2, -0.15) is 5.10 Å². The fraction of sp³-hybridized carbons (Fsp3) is 0.357. The van der Waals surface area contributed by atoms with Gasteiger partial charge in [0.2, 0.25) is 0 Å². The van der Waals surface area contributed by atoms with Gasteiger partial charge in [0.05, 0.1) is 6.20 Å². The predicted molar refractivity (Wildman–Crippen MR) is 67.8 cm³/mol. The van der Waals surface area contributed by atoms with Crippen LogP contribution in [-0.4, -0.2) is 16.3 Å². The van der Waals surface area contributed by atoms with Crippen molar-refractivity contribution in [2.45, 2.75) is 18.4 Å². The second-order valence-corrected chi connectivity index (χ2v) is 4.68. The maximum atomic E-state index is 4.27. The highest BCUT2D eigenvalue weighted by Crippen LogP contribution is 2.37. The van der Waals surface area contributed by atoms with Gasteiger partial charge in [0.15, 0.2) is 0 Å². The first kappa shape index (κ1) is 10.5. The van der Waals surface area contributed by atoms with Crippen molar-refractivity contribution in [2.24, 2.45) is 7.05 Å². The van der Waals surface area contributed by atoms with Gasteiger partial charge in [0.25, 0.3) is 0 Å². The van der Waals surface area contributed by atoms with Gasteiger partial charge >= 0.3 is 0 Å². The van der Waals surface area contributed by atoms with E-state index in [2.05, 4.69) is 46.9 Å². The first-order valence-corrected chi connectivity index (χ1v) is 6.11. The van der Waals surface area contributed by atoms with Crippen molar-refractivity contribution in [1.82, 2.24) is 15.1 Å². The van der Waals surface area contributed by atoms with E-state index in [1.807, 2.05) is 17.9 Å². The van der Waals surface area contributed by atoms with Crippen molar-refractivity contribution < 1.29 is 0 Å². The smallest absolute Gasteiger partial charge is 0.0537 e. The quantitative estimate of drug-likeness (QED) is 0.852. The van der Waals surface area contributed by atoms with Gasteiger partial charge in [0.1, 0.15) is 0 Å². The summed E-state index contributed by atoms with van der Waals surface area (Å²) in [6.07, 6.45) is 5.28. The first-order chi connectivity index (χ1) is 8.34. The minimum absolute atomic E-state index is 0.408. The van der Waals surface area contributed by atoms with E-state index in [0.29, 0.717) is 12.0 Å². The summed E-state index contributed by atoms with van der Waals surface area (Å²) in [6, 6.07) is 11.2. The molecule has 3 heteroatoms.